The zero-order chi connectivity index (χ0) is 11.5. The molecule has 0 spiro atoms. The van der Waals surface area contributed by atoms with Gasteiger partial charge in [0.2, 0.25) is 5.91 Å². The molecule has 0 aromatic heterocycles. The number of nitrogens with two attached hydrogens (primary N) is 1. The predicted molar refractivity (Wildman–Crippen MR) is 59.6 cm³/mol. The van der Waals surface area contributed by atoms with Gasteiger partial charge in [-0.25, -0.2) is 4.79 Å². The molecular formula is C11H19N3O2. The summed E-state index contributed by atoms with van der Waals surface area (Å²) in [5.41, 5.74) is 4.94. The number of hydrogen-bond donors (Lipinski definition) is 2. The zero-order valence-electron chi connectivity index (χ0n) is 9.45. The van der Waals surface area contributed by atoms with E-state index in [9.17, 15) is 9.59 Å². The molecule has 2 rings (SSSR count). The molecule has 3 amide bonds. The number of nitrogens with one attached hydrogen (secondary N) is 1. The van der Waals surface area contributed by atoms with Crippen LogP contribution >= 0.6 is 0 Å². The smallest absolute Gasteiger partial charge is 0.312 e. The molecule has 2 atom stereocenters. The van der Waals surface area contributed by atoms with Gasteiger partial charge in [-0.3, -0.25) is 4.79 Å². The Morgan fingerprint density at radius 2 is 1.88 bits per heavy atom. The van der Waals surface area contributed by atoms with Gasteiger partial charge in [0, 0.05) is 13.1 Å². The number of hydrogen-bond acceptors (Lipinski definition) is 2. The van der Waals surface area contributed by atoms with Crippen molar-refractivity contribution in [3.63, 3.8) is 0 Å². The first-order valence-electron chi connectivity index (χ1n) is 5.96. The summed E-state index contributed by atoms with van der Waals surface area (Å²) in [6.45, 7) is 1.75. The van der Waals surface area contributed by atoms with Crippen LogP contribution in [0.5, 0.6) is 0 Å². The summed E-state index contributed by atoms with van der Waals surface area (Å²) in [6, 6.07) is -0.634. The molecule has 1 aliphatic heterocycles. The molecule has 5 nitrogen and oxygen atoms in total. The lowest BCUT2D eigenvalue weighted by Gasteiger charge is -2.41. The number of amides is 3. The van der Waals surface area contributed by atoms with E-state index in [1.165, 1.54) is 25.7 Å². The van der Waals surface area contributed by atoms with E-state index in [-0.39, 0.29) is 12.5 Å². The van der Waals surface area contributed by atoms with E-state index in [2.05, 4.69) is 5.32 Å². The van der Waals surface area contributed by atoms with Gasteiger partial charge in [0.1, 0.15) is 0 Å². The number of fused-ring (bicyclic) bond motifs is 2. The number of piperidine rings is 1. The van der Waals surface area contributed by atoms with Crippen molar-refractivity contribution in [1.29, 1.82) is 0 Å². The van der Waals surface area contributed by atoms with E-state index in [1.54, 1.807) is 0 Å². The van der Waals surface area contributed by atoms with Crippen molar-refractivity contribution >= 4 is 11.9 Å². The van der Waals surface area contributed by atoms with Crippen LogP contribution in [-0.2, 0) is 4.79 Å². The van der Waals surface area contributed by atoms with E-state index >= 15 is 0 Å². The summed E-state index contributed by atoms with van der Waals surface area (Å²) in [5.74, 6) is 1.34. The highest BCUT2D eigenvalue weighted by molar-refractivity contribution is 5.83. The van der Waals surface area contributed by atoms with Gasteiger partial charge >= 0.3 is 6.03 Å². The Labute approximate surface area is 95.3 Å². The van der Waals surface area contributed by atoms with Crippen LogP contribution in [0.1, 0.15) is 25.7 Å². The molecule has 2 aliphatic rings. The van der Waals surface area contributed by atoms with E-state index < -0.39 is 6.03 Å². The summed E-state index contributed by atoms with van der Waals surface area (Å²) >= 11 is 0. The minimum Gasteiger partial charge on any atom is -0.352 e. The molecule has 3 N–H and O–H groups in total. The van der Waals surface area contributed by atoms with Crippen molar-refractivity contribution < 1.29 is 9.59 Å². The Balaban J connectivity index is 1.85. The SMILES string of the molecule is NC(=O)NCC(=O)N1CC2CCCC(C2)C1. The van der Waals surface area contributed by atoms with Gasteiger partial charge in [0.15, 0.2) is 0 Å². The molecule has 16 heavy (non-hydrogen) atoms. The third-order valence-electron chi connectivity index (χ3n) is 3.62. The van der Waals surface area contributed by atoms with Crippen molar-refractivity contribution in [3.8, 4) is 0 Å². The van der Waals surface area contributed by atoms with Crippen LogP contribution < -0.4 is 11.1 Å². The highest BCUT2D eigenvalue weighted by Crippen LogP contribution is 2.34. The van der Waals surface area contributed by atoms with Crippen LogP contribution in [0.3, 0.4) is 0 Å². The predicted octanol–water partition coefficient (Wildman–Crippen LogP) is 0.303. The van der Waals surface area contributed by atoms with Crippen LogP contribution in [0.4, 0.5) is 4.79 Å². The molecule has 1 heterocycles. The van der Waals surface area contributed by atoms with Gasteiger partial charge in [-0.2, -0.15) is 0 Å². The summed E-state index contributed by atoms with van der Waals surface area (Å²) in [5, 5.41) is 2.36. The van der Waals surface area contributed by atoms with Crippen LogP contribution in [0, 0.1) is 11.8 Å². The molecule has 0 radical (unpaired) electrons. The Bertz CT molecular complexity index is 281. The molecule has 5 heteroatoms. The molecule has 1 saturated heterocycles. The molecule has 2 bridgehead atoms. The second-order valence-electron chi connectivity index (χ2n) is 4.92. The Morgan fingerprint density at radius 3 is 2.44 bits per heavy atom. The Hall–Kier alpha value is -1.26. The average molecular weight is 225 g/mol. The topological polar surface area (TPSA) is 75.4 Å². The van der Waals surface area contributed by atoms with Crippen molar-refractivity contribution in [2.45, 2.75) is 25.7 Å². The summed E-state index contributed by atoms with van der Waals surface area (Å²) in [7, 11) is 0. The minimum absolute atomic E-state index is 0.00426. The van der Waals surface area contributed by atoms with Crippen molar-refractivity contribution in [3.05, 3.63) is 0 Å². The standard InChI is InChI=1S/C11H19N3O2/c12-11(16)13-5-10(15)14-6-8-2-1-3-9(4-8)7-14/h8-9H,1-7H2,(H3,12,13,16). The lowest BCUT2D eigenvalue weighted by Crippen LogP contribution is -2.49. The Kier molecular flexibility index (Phi) is 3.31. The number of carbonyl (C=O) groups excluding carboxylic acids is 2. The maximum Gasteiger partial charge on any atom is 0.312 e. The highest BCUT2D eigenvalue weighted by Gasteiger charge is 2.32. The second-order valence-corrected chi connectivity index (χ2v) is 4.92. The third kappa shape index (κ3) is 2.65. The second kappa shape index (κ2) is 4.72. The quantitative estimate of drug-likeness (QED) is 0.709. The summed E-state index contributed by atoms with van der Waals surface area (Å²) in [6.07, 6.45) is 5.05. The third-order valence-corrected chi connectivity index (χ3v) is 3.62. The average Bonchev–Trinajstić information content (AvgIpc) is 2.25. The fourth-order valence-electron chi connectivity index (χ4n) is 2.91. The number of rotatable bonds is 2. The maximum absolute atomic E-state index is 11.8. The molecule has 2 fully saturated rings. The van der Waals surface area contributed by atoms with Crippen molar-refractivity contribution in [2.75, 3.05) is 19.6 Å². The number of likely N-dealkylation sites (tertiary alicyclic amines) is 1. The summed E-state index contributed by atoms with van der Waals surface area (Å²) in [4.78, 5) is 24.2. The molecule has 0 aromatic carbocycles. The first-order valence-corrected chi connectivity index (χ1v) is 5.96. The van der Waals surface area contributed by atoms with Gasteiger partial charge in [-0.1, -0.05) is 6.42 Å². The largest absolute Gasteiger partial charge is 0.352 e. The fourth-order valence-corrected chi connectivity index (χ4v) is 2.91. The Morgan fingerprint density at radius 1 is 1.25 bits per heavy atom. The highest BCUT2D eigenvalue weighted by atomic mass is 16.2. The maximum atomic E-state index is 11.8. The first-order chi connectivity index (χ1) is 7.65. The molecule has 0 aromatic rings. The normalized spacial score (nSPS) is 28.6. The van der Waals surface area contributed by atoms with E-state index in [4.69, 9.17) is 5.73 Å². The van der Waals surface area contributed by atoms with Crippen molar-refractivity contribution in [2.24, 2.45) is 17.6 Å². The number of nitrogens with zero attached hydrogens (tertiary/aromatic N) is 1. The monoisotopic (exact) mass is 225 g/mol. The van der Waals surface area contributed by atoms with Gasteiger partial charge < -0.3 is 16.0 Å². The van der Waals surface area contributed by atoms with Crippen LogP contribution in [-0.4, -0.2) is 36.5 Å². The molecule has 1 aliphatic carbocycles. The number of urea groups is 1. The molecule has 2 unspecified atom stereocenters. The van der Waals surface area contributed by atoms with E-state index in [0.717, 1.165) is 13.1 Å². The van der Waals surface area contributed by atoms with E-state index in [1.807, 2.05) is 4.90 Å². The van der Waals surface area contributed by atoms with Gasteiger partial charge in [-0.05, 0) is 31.1 Å². The first kappa shape index (κ1) is 11.2. The molecule has 90 valence electrons. The fraction of sp³-hybridized carbons (Fsp3) is 0.818. The zero-order valence-corrected chi connectivity index (χ0v) is 9.45. The van der Waals surface area contributed by atoms with Gasteiger partial charge in [0.25, 0.3) is 0 Å². The van der Waals surface area contributed by atoms with Gasteiger partial charge in [-0.15, -0.1) is 0 Å². The van der Waals surface area contributed by atoms with Crippen LogP contribution in [0.25, 0.3) is 0 Å². The van der Waals surface area contributed by atoms with Crippen LogP contribution in [0.2, 0.25) is 0 Å². The van der Waals surface area contributed by atoms with Crippen LogP contribution in [0.15, 0.2) is 0 Å². The summed E-state index contributed by atoms with van der Waals surface area (Å²) < 4.78 is 0. The lowest BCUT2D eigenvalue weighted by molar-refractivity contribution is -0.133. The molecule has 1 saturated carbocycles. The van der Waals surface area contributed by atoms with Gasteiger partial charge in [0.05, 0.1) is 6.54 Å². The minimum atomic E-state index is -0.634. The van der Waals surface area contributed by atoms with Crippen molar-refractivity contribution in [1.82, 2.24) is 10.2 Å². The molecular weight excluding hydrogens is 206 g/mol. The number of primary amides is 1. The number of carbonyl (C=O) groups is 2. The lowest BCUT2D eigenvalue weighted by atomic mass is 9.78. The van der Waals surface area contributed by atoms with E-state index in [0.29, 0.717) is 11.8 Å².